The fourth-order valence-corrected chi connectivity index (χ4v) is 2.63. The second-order valence-electron chi connectivity index (χ2n) is 5.26. The fraction of sp³-hybridized carbons (Fsp3) is 0.615. The molecule has 0 aromatic carbocycles. The van der Waals surface area contributed by atoms with Gasteiger partial charge in [-0.1, -0.05) is 5.16 Å². The van der Waals surface area contributed by atoms with Crippen LogP contribution in [-0.2, 0) is 4.79 Å². The lowest BCUT2D eigenvalue weighted by Gasteiger charge is -2.39. The summed E-state index contributed by atoms with van der Waals surface area (Å²) >= 11 is 0. The first-order valence-corrected chi connectivity index (χ1v) is 6.66. The number of carbonyl (C=O) groups excluding carboxylic acids is 2. The summed E-state index contributed by atoms with van der Waals surface area (Å²) in [6, 6.07) is 1.62. The molecular weight excluding hydrogens is 246 g/mol. The molecule has 1 aromatic heterocycles. The van der Waals surface area contributed by atoms with Gasteiger partial charge in [0.15, 0.2) is 5.69 Å². The first-order chi connectivity index (χ1) is 9.15. The summed E-state index contributed by atoms with van der Waals surface area (Å²) in [7, 11) is 0. The van der Waals surface area contributed by atoms with Crippen molar-refractivity contribution in [3.63, 3.8) is 0 Å². The van der Waals surface area contributed by atoms with E-state index in [1.165, 1.54) is 0 Å². The molecule has 2 saturated heterocycles. The molecule has 102 valence electrons. The molecule has 2 aliphatic rings. The van der Waals surface area contributed by atoms with Crippen LogP contribution < -0.4 is 0 Å². The van der Waals surface area contributed by atoms with Gasteiger partial charge in [-0.3, -0.25) is 9.59 Å². The monoisotopic (exact) mass is 263 g/mol. The van der Waals surface area contributed by atoms with Gasteiger partial charge < -0.3 is 14.3 Å². The Hall–Kier alpha value is -1.85. The van der Waals surface area contributed by atoms with Gasteiger partial charge >= 0.3 is 0 Å². The van der Waals surface area contributed by atoms with Crippen molar-refractivity contribution in [1.29, 1.82) is 0 Å². The van der Waals surface area contributed by atoms with Crippen LogP contribution in [0.4, 0.5) is 0 Å². The van der Waals surface area contributed by atoms with E-state index in [0.29, 0.717) is 24.5 Å². The number of aryl methyl sites for hydroxylation is 1. The van der Waals surface area contributed by atoms with Crippen molar-refractivity contribution in [2.75, 3.05) is 26.2 Å². The molecule has 0 spiro atoms. The number of nitrogens with zero attached hydrogens (tertiary/aromatic N) is 3. The molecule has 2 fully saturated rings. The van der Waals surface area contributed by atoms with Crippen molar-refractivity contribution >= 4 is 11.8 Å². The molecule has 0 N–H and O–H groups in total. The highest BCUT2D eigenvalue weighted by molar-refractivity contribution is 5.94. The standard InChI is InChI=1S/C13H17N3O3/c1-9-6-11(14-19-9)13(18)16-7-10(8-16)12(17)15-4-2-3-5-15/h6,10H,2-5,7-8H2,1H3. The minimum atomic E-state index is -0.151. The number of aromatic nitrogens is 1. The largest absolute Gasteiger partial charge is 0.361 e. The Morgan fingerprint density at radius 3 is 2.53 bits per heavy atom. The molecule has 0 bridgehead atoms. The smallest absolute Gasteiger partial charge is 0.276 e. The topological polar surface area (TPSA) is 66.7 Å². The summed E-state index contributed by atoms with van der Waals surface area (Å²) in [6.45, 7) is 4.48. The van der Waals surface area contributed by atoms with Crippen LogP contribution in [0, 0.1) is 12.8 Å². The van der Waals surface area contributed by atoms with Crippen LogP contribution in [0.3, 0.4) is 0 Å². The third-order valence-electron chi connectivity index (χ3n) is 3.78. The molecule has 0 aliphatic carbocycles. The lowest BCUT2D eigenvalue weighted by molar-refractivity contribution is -0.138. The van der Waals surface area contributed by atoms with Crippen molar-refractivity contribution in [1.82, 2.24) is 15.0 Å². The number of hydrogen-bond donors (Lipinski definition) is 0. The zero-order valence-corrected chi connectivity index (χ0v) is 11.0. The molecule has 19 heavy (non-hydrogen) atoms. The number of rotatable bonds is 2. The Labute approximate surface area is 111 Å². The second-order valence-corrected chi connectivity index (χ2v) is 5.26. The van der Waals surface area contributed by atoms with Gasteiger partial charge in [-0.05, 0) is 19.8 Å². The van der Waals surface area contributed by atoms with E-state index < -0.39 is 0 Å². The zero-order chi connectivity index (χ0) is 13.4. The highest BCUT2D eigenvalue weighted by Crippen LogP contribution is 2.22. The minimum absolute atomic E-state index is 0.0324. The van der Waals surface area contributed by atoms with Crippen LogP contribution in [0.1, 0.15) is 29.1 Å². The van der Waals surface area contributed by atoms with E-state index in [2.05, 4.69) is 5.16 Å². The number of likely N-dealkylation sites (tertiary alicyclic amines) is 2. The maximum Gasteiger partial charge on any atom is 0.276 e. The predicted molar refractivity (Wildman–Crippen MR) is 66.4 cm³/mol. The van der Waals surface area contributed by atoms with Crippen molar-refractivity contribution in [2.24, 2.45) is 5.92 Å². The van der Waals surface area contributed by atoms with Gasteiger partial charge in [0.25, 0.3) is 5.91 Å². The van der Waals surface area contributed by atoms with Crippen LogP contribution in [0.25, 0.3) is 0 Å². The quantitative estimate of drug-likeness (QED) is 0.787. The van der Waals surface area contributed by atoms with Crippen molar-refractivity contribution in [3.8, 4) is 0 Å². The molecule has 3 rings (SSSR count). The molecule has 2 amide bonds. The van der Waals surface area contributed by atoms with E-state index in [0.717, 1.165) is 25.9 Å². The summed E-state index contributed by atoms with van der Waals surface area (Å²) in [6.07, 6.45) is 2.19. The Morgan fingerprint density at radius 1 is 1.26 bits per heavy atom. The van der Waals surface area contributed by atoms with E-state index in [4.69, 9.17) is 4.52 Å². The molecular formula is C13H17N3O3. The molecule has 0 saturated carbocycles. The molecule has 0 radical (unpaired) electrons. The highest BCUT2D eigenvalue weighted by atomic mass is 16.5. The van der Waals surface area contributed by atoms with Gasteiger partial charge in [0.1, 0.15) is 5.76 Å². The van der Waals surface area contributed by atoms with Gasteiger partial charge in [-0.2, -0.15) is 0 Å². The first-order valence-electron chi connectivity index (χ1n) is 6.66. The van der Waals surface area contributed by atoms with Gasteiger partial charge in [0, 0.05) is 32.2 Å². The summed E-state index contributed by atoms with van der Waals surface area (Å²) in [5.74, 6) is 0.629. The van der Waals surface area contributed by atoms with Crippen LogP contribution in [0.15, 0.2) is 10.6 Å². The molecule has 2 aliphatic heterocycles. The summed E-state index contributed by atoms with van der Waals surface area (Å²) in [5, 5.41) is 3.70. The summed E-state index contributed by atoms with van der Waals surface area (Å²) in [4.78, 5) is 27.7. The third-order valence-corrected chi connectivity index (χ3v) is 3.78. The summed E-state index contributed by atoms with van der Waals surface area (Å²) in [5.41, 5.74) is 0.324. The van der Waals surface area contributed by atoms with Gasteiger partial charge in [0.2, 0.25) is 5.91 Å². The summed E-state index contributed by atoms with van der Waals surface area (Å²) < 4.78 is 4.89. The average molecular weight is 263 g/mol. The molecule has 6 heteroatoms. The van der Waals surface area contributed by atoms with Crippen molar-refractivity contribution in [3.05, 3.63) is 17.5 Å². The Morgan fingerprint density at radius 2 is 1.95 bits per heavy atom. The maximum atomic E-state index is 12.1. The predicted octanol–water partition coefficient (Wildman–Crippen LogP) is 0.677. The van der Waals surface area contributed by atoms with E-state index in [1.54, 1.807) is 17.9 Å². The highest BCUT2D eigenvalue weighted by Gasteiger charge is 2.39. The van der Waals surface area contributed by atoms with Crippen molar-refractivity contribution in [2.45, 2.75) is 19.8 Å². The van der Waals surface area contributed by atoms with Crippen LogP contribution in [0.5, 0.6) is 0 Å². The fourth-order valence-electron chi connectivity index (χ4n) is 2.63. The zero-order valence-electron chi connectivity index (χ0n) is 11.0. The van der Waals surface area contributed by atoms with Crippen LogP contribution >= 0.6 is 0 Å². The molecule has 0 unspecified atom stereocenters. The van der Waals surface area contributed by atoms with E-state index in [-0.39, 0.29) is 17.7 Å². The van der Waals surface area contributed by atoms with E-state index in [1.807, 2.05) is 4.90 Å². The molecule has 3 heterocycles. The Bertz CT molecular complexity index is 499. The molecule has 0 atom stereocenters. The minimum Gasteiger partial charge on any atom is -0.361 e. The Balaban J connectivity index is 1.55. The molecule has 6 nitrogen and oxygen atoms in total. The SMILES string of the molecule is Cc1cc(C(=O)N2CC(C(=O)N3CCCC3)C2)no1. The maximum absolute atomic E-state index is 12.1. The number of hydrogen-bond acceptors (Lipinski definition) is 4. The third kappa shape index (κ3) is 2.22. The lowest BCUT2D eigenvalue weighted by Crippen LogP contribution is -2.56. The lowest BCUT2D eigenvalue weighted by atomic mass is 9.98. The average Bonchev–Trinajstić information content (AvgIpc) is 2.96. The normalized spacial score (nSPS) is 19.6. The van der Waals surface area contributed by atoms with Crippen LogP contribution in [-0.4, -0.2) is 52.9 Å². The number of amides is 2. The van der Waals surface area contributed by atoms with Crippen molar-refractivity contribution < 1.29 is 14.1 Å². The Kier molecular flexibility index (Phi) is 3.00. The van der Waals surface area contributed by atoms with Gasteiger partial charge in [0.05, 0.1) is 5.92 Å². The van der Waals surface area contributed by atoms with Crippen LogP contribution in [0.2, 0.25) is 0 Å². The second kappa shape index (κ2) is 4.68. The van der Waals surface area contributed by atoms with Gasteiger partial charge in [-0.15, -0.1) is 0 Å². The van der Waals surface area contributed by atoms with Gasteiger partial charge in [-0.25, -0.2) is 0 Å². The van der Waals surface area contributed by atoms with E-state index >= 15 is 0 Å². The number of carbonyl (C=O) groups is 2. The van der Waals surface area contributed by atoms with E-state index in [9.17, 15) is 9.59 Å². The molecule has 1 aromatic rings. The first kappa shape index (κ1) is 12.2.